The predicted octanol–water partition coefficient (Wildman–Crippen LogP) is 5.32. The largest absolute Gasteiger partial charge is 0.478 e. The molecule has 5 heteroatoms. The summed E-state index contributed by atoms with van der Waals surface area (Å²) in [5.41, 5.74) is 3.71. The molecule has 0 saturated carbocycles. The maximum atomic E-state index is 10.7. The van der Waals surface area contributed by atoms with Crippen molar-refractivity contribution in [1.29, 1.82) is 0 Å². The Bertz CT molecular complexity index is 751. The van der Waals surface area contributed by atoms with Gasteiger partial charge in [-0.15, -0.1) is 0 Å². The van der Waals surface area contributed by atoms with Gasteiger partial charge in [-0.3, -0.25) is 0 Å². The molecular weight excluding hydrogens is 356 g/mol. The zero-order valence-electron chi connectivity index (χ0n) is 17.9. The van der Waals surface area contributed by atoms with Gasteiger partial charge in [0.05, 0.1) is 6.61 Å². The molecule has 0 aliphatic heterocycles. The van der Waals surface area contributed by atoms with Gasteiger partial charge in [0.1, 0.15) is 5.75 Å². The number of ether oxygens (including phenoxy) is 3. The van der Waals surface area contributed by atoms with E-state index in [1.807, 2.05) is 38.1 Å². The number of carbonyl (C=O) groups is 1. The Morgan fingerprint density at radius 3 is 2.46 bits per heavy atom. The van der Waals surface area contributed by atoms with Crippen LogP contribution in [0.15, 0.2) is 48.1 Å². The smallest absolute Gasteiger partial charge is 0.328 e. The summed E-state index contributed by atoms with van der Waals surface area (Å²) in [7, 11) is 1.55. The maximum Gasteiger partial charge on any atom is 0.328 e. The fourth-order valence-electron chi connectivity index (χ4n) is 2.54. The minimum atomic E-state index is -0.949. The Morgan fingerprint density at radius 1 is 1.25 bits per heavy atom. The average Bonchev–Trinajstić information content (AvgIpc) is 2.59. The zero-order chi connectivity index (χ0) is 21.3. The third-order valence-corrected chi connectivity index (χ3v) is 4.02. The van der Waals surface area contributed by atoms with Gasteiger partial charge >= 0.3 is 12.4 Å². The molecule has 1 aromatic rings. The molecule has 0 aliphatic carbocycles. The van der Waals surface area contributed by atoms with Crippen molar-refractivity contribution in [3.05, 3.63) is 59.2 Å². The number of carboxylic acids is 1. The van der Waals surface area contributed by atoms with E-state index in [2.05, 4.69) is 26.8 Å². The van der Waals surface area contributed by atoms with Crippen LogP contribution in [-0.2, 0) is 19.7 Å². The van der Waals surface area contributed by atoms with Gasteiger partial charge in [-0.2, -0.15) is 0 Å². The Balaban J connectivity index is 3.16. The van der Waals surface area contributed by atoms with Crippen LogP contribution >= 0.6 is 0 Å². The minimum Gasteiger partial charge on any atom is -0.478 e. The lowest BCUT2D eigenvalue weighted by Gasteiger charge is -2.26. The Labute approximate surface area is 168 Å². The lowest BCUT2D eigenvalue weighted by Crippen LogP contribution is -2.24. The van der Waals surface area contributed by atoms with Crippen molar-refractivity contribution in [2.45, 2.75) is 53.4 Å². The standard InChI is InChI=1S/C23H32O5/c1-8-27-22(26-7)28-20-13-12-18(15-19(20)23(4,5)6)17(3)11-9-10-16(2)14-21(24)25/h9-15,22H,8H2,1-7H3,(H,24,25). The van der Waals surface area contributed by atoms with Gasteiger partial charge in [-0.05, 0) is 55.0 Å². The average molecular weight is 389 g/mol. The molecule has 0 radical (unpaired) electrons. The first-order valence-corrected chi connectivity index (χ1v) is 9.30. The van der Waals surface area contributed by atoms with Gasteiger partial charge in [0.25, 0.3) is 0 Å². The molecule has 0 bridgehead atoms. The summed E-state index contributed by atoms with van der Waals surface area (Å²) in [6.07, 6.45) is 6.75. The molecule has 0 fully saturated rings. The first-order valence-electron chi connectivity index (χ1n) is 9.30. The molecule has 1 atom stereocenters. The van der Waals surface area contributed by atoms with Crippen LogP contribution in [0, 0.1) is 0 Å². The van der Waals surface area contributed by atoms with Crippen molar-refractivity contribution < 1.29 is 24.1 Å². The van der Waals surface area contributed by atoms with E-state index in [-0.39, 0.29) is 5.41 Å². The molecule has 1 aromatic carbocycles. The van der Waals surface area contributed by atoms with E-state index < -0.39 is 12.4 Å². The molecule has 0 amide bonds. The van der Waals surface area contributed by atoms with Gasteiger partial charge in [0.2, 0.25) is 0 Å². The summed E-state index contributed by atoms with van der Waals surface area (Å²) in [5, 5.41) is 8.76. The number of carboxylic acid groups (broad SMARTS) is 1. The maximum absolute atomic E-state index is 10.7. The van der Waals surface area contributed by atoms with Crippen molar-refractivity contribution in [3.63, 3.8) is 0 Å². The summed E-state index contributed by atoms with van der Waals surface area (Å²) in [6.45, 7) is 11.8. The minimum absolute atomic E-state index is 0.132. The van der Waals surface area contributed by atoms with Crippen LogP contribution < -0.4 is 4.74 Å². The lowest BCUT2D eigenvalue weighted by atomic mass is 9.84. The van der Waals surface area contributed by atoms with Gasteiger partial charge in [-0.1, -0.05) is 45.1 Å². The molecule has 0 aliphatic rings. The second-order valence-corrected chi connectivity index (χ2v) is 7.49. The van der Waals surface area contributed by atoms with Crippen molar-refractivity contribution in [1.82, 2.24) is 0 Å². The highest BCUT2D eigenvalue weighted by molar-refractivity contribution is 5.81. The van der Waals surface area contributed by atoms with Crippen molar-refractivity contribution in [2.24, 2.45) is 0 Å². The summed E-state index contributed by atoms with van der Waals surface area (Å²) in [5.74, 6) is -0.227. The number of rotatable bonds is 9. The van der Waals surface area contributed by atoms with E-state index in [0.29, 0.717) is 12.2 Å². The van der Waals surface area contributed by atoms with E-state index in [4.69, 9.17) is 19.3 Å². The Kier molecular flexibility index (Phi) is 9.16. The molecule has 28 heavy (non-hydrogen) atoms. The van der Waals surface area contributed by atoms with Crippen LogP contribution in [0.1, 0.15) is 52.7 Å². The quantitative estimate of drug-likeness (QED) is 0.352. The van der Waals surface area contributed by atoms with E-state index in [9.17, 15) is 4.79 Å². The molecular formula is C23H32O5. The van der Waals surface area contributed by atoms with Gasteiger partial charge in [-0.25, -0.2) is 4.79 Å². The molecule has 0 aromatic heterocycles. The SMILES string of the molecule is CCOC(OC)Oc1ccc(C(C)=CC=CC(C)=CC(=O)O)cc1C(C)(C)C. The summed E-state index contributed by atoms with van der Waals surface area (Å²) < 4.78 is 16.6. The lowest BCUT2D eigenvalue weighted by molar-refractivity contribution is -0.231. The molecule has 0 saturated heterocycles. The fourth-order valence-corrected chi connectivity index (χ4v) is 2.54. The highest BCUT2D eigenvalue weighted by Crippen LogP contribution is 2.34. The first-order chi connectivity index (χ1) is 13.1. The van der Waals surface area contributed by atoms with Crippen LogP contribution in [0.3, 0.4) is 0 Å². The van der Waals surface area contributed by atoms with Gasteiger partial charge < -0.3 is 19.3 Å². The molecule has 0 heterocycles. The summed E-state index contributed by atoms with van der Waals surface area (Å²) in [6, 6.07) is 6.02. The topological polar surface area (TPSA) is 65.0 Å². The molecule has 5 nitrogen and oxygen atoms in total. The van der Waals surface area contributed by atoms with Crippen molar-refractivity contribution >= 4 is 11.5 Å². The number of aliphatic carboxylic acids is 1. The van der Waals surface area contributed by atoms with E-state index >= 15 is 0 Å². The van der Waals surface area contributed by atoms with Crippen LogP contribution in [0.2, 0.25) is 0 Å². The number of methoxy groups -OCH3 is 1. The molecule has 1 rings (SSSR count). The van der Waals surface area contributed by atoms with Gasteiger partial charge in [0, 0.05) is 18.7 Å². The first kappa shape index (κ1) is 23.7. The monoisotopic (exact) mass is 388 g/mol. The normalized spacial score (nSPS) is 14.4. The van der Waals surface area contributed by atoms with Crippen LogP contribution in [-0.4, -0.2) is 31.3 Å². The zero-order valence-corrected chi connectivity index (χ0v) is 17.9. The van der Waals surface area contributed by atoms with Crippen LogP contribution in [0.4, 0.5) is 0 Å². The summed E-state index contributed by atoms with van der Waals surface area (Å²) in [4.78, 5) is 10.7. The third-order valence-electron chi connectivity index (χ3n) is 4.02. The van der Waals surface area contributed by atoms with E-state index in [1.54, 1.807) is 20.1 Å². The van der Waals surface area contributed by atoms with Crippen LogP contribution in [0.5, 0.6) is 5.75 Å². The number of benzene rings is 1. The van der Waals surface area contributed by atoms with Gasteiger partial charge in [0.15, 0.2) is 0 Å². The Morgan fingerprint density at radius 2 is 1.93 bits per heavy atom. The van der Waals surface area contributed by atoms with E-state index in [1.165, 1.54) is 6.08 Å². The highest BCUT2D eigenvalue weighted by Gasteiger charge is 2.22. The molecule has 1 N–H and O–H groups in total. The third kappa shape index (κ3) is 7.71. The molecule has 154 valence electrons. The predicted molar refractivity (Wildman–Crippen MR) is 112 cm³/mol. The molecule has 0 spiro atoms. The summed E-state index contributed by atoms with van der Waals surface area (Å²) >= 11 is 0. The number of hydrogen-bond acceptors (Lipinski definition) is 4. The Hall–Kier alpha value is -2.37. The fraction of sp³-hybridized carbons (Fsp3) is 0.435. The number of hydrogen-bond donors (Lipinski definition) is 1. The van der Waals surface area contributed by atoms with E-state index in [0.717, 1.165) is 22.4 Å². The van der Waals surface area contributed by atoms with Crippen molar-refractivity contribution in [2.75, 3.05) is 13.7 Å². The van der Waals surface area contributed by atoms with Crippen LogP contribution in [0.25, 0.3) is 5.57 Å². The second-order valence-electron chi connectivity index (χ2n) is 7.49. The second kappa shape index (κ2) is 10.8. The molecule has 1 unspecified atom stereocenters. The number of allylic oxidation sites excluding steroid dienone is 5. The van der Waals surface area contributed by atoms with Crippen molar-refractivity contribution in [3.8, 4) is 5.75 Å². The highest BCUT2D eigenvalue weighted by atomic mass is 16.8.